The molecular weight excluding hydrogens is 580 g/mol. The van der Waals surface area contributed by atoms with Gasteiger partial charge >= 0.3 is 0 Å². The quantitative estimate of drug-likeness (QED) is 0.149. The first-order chi connectivity index (χ1) is 20.3. The van der Waals surface area contributed by atoms with Gasteiger partial charge in [-0.05, 0) is 31.2 Å². The Labute approximate surface area is 241 Å². The molecule has 0 radical (unpaired) electrons. The van der Waals surface area contributed by atoms with Crippen molar-refractivity contribution in [2.75, 3.05) is 6.61 Å². The molecule has 234 valence electrons. The minimum absolute atomic E-state index is 0.0930. The number of fused-ring (bicyclic) bond motifs is 1. The Morgan fingerprint density at radius 1 is 0.814 bits per heavy atom. The first kappa shape index (κ1) is 30.7. The number of hydrogen-bond donors (Lipinski definition) is 10. The van der Waals surface area contributed by atoms with E-state index in [-0.39, 0.29) is 22.7 Å². The molecule has 2 aromatic carbocycles. The molecule has 2 fully saturated rings. The molecule has 10 N–H and O–H groups in total. The second-order valence-corrected chi connectivity index (χ2v) is 10.2. The number of benzene rings is 2. The van der Waals surface area contributed by atoms with Crippen molar-refractivity contribution < 1.29 is 74.4 Å². The maximum absolute atomic E-state index is 13.1. The summed E-state index contributed by atoms with van der Waals surface area (Å²) in [6.07, 6.45) is -16.6. The molecule has 2 aliphatic rings. The fourth-order valence-electron chi connectivity index (χ4n) is 4.91. The van der Waals surface area contributed by atoms with Gasteiger partial charge in [0.2, 0.25) is 23.2 Å². The number of aromatic hydroxyl groups is 4. The number of phenolic OH excluding ortho intramolecular Hbond substituents is 3. The van der Waals surface area contributed by atoms with Crippen LogP contribution in [0.5, 0.6) is 28.7 Å². The molecule has 3 heterocycles. The lowest BCUT2D eigenvalue weighted by molar-refractivity contribution is -0.354. The van der Waals surface area contributed by atoms with Crippen LogP contribution in [-0.2, 0) is 14.2 Å². The van der Waals surface area contributed by atoms with Crippen molar-refractivity contribution in [1.82, 2.24) is 0 Å². The number of rotatable bonds is 6. The highest BCUT2D eigenvalue weighted by Crippen LogP contribution is 2.45. The van der Waals surface area contributed by atoms with Crippen molar-refractivity contribution >= 4 is 11.0 Å². The predicted molar refractivity (Wildman–Crippen MR) is 140 cm³/mol. The van der Waals surface area contributed by atoms with E-state index in [9.17, 15) is 55.9 Å². The van der Waals surface area contributed by atoms with Gasteiger partial charge in [-0.3, -0.25) is 4.79 Å². The topological polar surface area (TPSA) is 269 Å². The van der Waals surface area contributed by atoms with Gasteiger partial charge in [-0.2, -0.15) is 0 Å². The lowest BCUT2D eigenvalue weighted by Gasteiger charge is -2.45. The van der Waals surface area contributed by atoms with Crippen molar-refractivity contribution in [2.24, 2.45) is 0 Å². The molecule has 5 rings (SSSR count). The zero-order chi connectivity index (χ0) is 31.3. The van der Waals surface area contributed by atoms with Gasteiger partial charge in [-0.25, -0.2) is 0 Å². The molecule has 0 saturated carbocycles. The van der Waals surface area contributed by atoms with E-state index in [2.05, 4.69) is 0 Å². The highest BCUT2D eigenvalue weighted by atomic mass is 16.8. The van der Waals surface area contributed by atoms with Crippen LogP contribution >= 0.6 is 0 Å². The van der Waals surface area contributed by atoms with Crippen LogP contribution in [0, 0.1) is 0 Å². The van der Waals surface area contributed by atoms with Gasteiger partial charge in [-0.1, -0.05) is 0 Å². The second kappa shape index (κ2) is 11.8. The molecule has 10 atom stereocenters. The standard InChI is InChI=1S/C27H30O16/c1-8-15(31)19(35)22(38)26(39-8)43-25-20(36)16(32)13(7-28)41-27(25)42-24-11(30)6-12-14(18(24)34)17(33)21(37)23(40-12)9-2-4-10(29)5-3-9/h2-6,8,13,15-16,19-20,22,25-32,34-38H,7H2,1H3/t8-,13+,15-,16+,19+,20-,22+,25+,26-,27-/m0/s1. The van der Waals surface area contributed by atoms with Gasteiger partial charge in [0.1, 0.15) is 53.3 Å². The molecule has 0 aliphatic carbocycles. The van der Waals surface area contributed by atoms with Crippen LogP contribution in [0.15, 0.2) is 39.5 Å². The Balaban J connectivity index is 1.52. The van der Waals surface area contributed by atoms with Crippen LogP contribution in [0.1, 0.15) is 6.92 Å². The SMILES string of the molecule is C[C@@H]1O[C@@H](O[C@H]2[C@H](Oc3c(O)cc4oc(-c5ccc(O)cc5)c(O)c(=O)c4c3O)O[C@H](CO)[C@@H](O)[C@@H]2O)[C@H](O)[C@H](O)[C@H]1O. The van der Waals surface area contributed by atoms with Gasteiger partial charge in [0.15, 0.2) is 29.7 Å². The maximum atomic E-state index is 13.1. The minimum Gasteiger partial charge on any atom is -0.508 e. The monoisotopic (exact) mass is 610 g/mol. The lowest BCUT2D eigenvalue weighted by Crippen LogP contribution is -2.64. The molecule has 16 nitrogen and oxygen atoms in total. The molecule has 1 aromatic heterocycles. The normalized spacial score (nSPS) is 33.0. The fourth-order valence-corrected chi connectivity index (χ4v) is 4.91. The molecule has 3 aromatic rings. The average Bonchev–Trinajstić information content (AvgIpc) is 2.98. The molecule has 2 saturated heterocycles. The van der Waals surface area contributed by atoms with Crippen LogP contribution in [-0.4, -0.2) is 119 Å². The fraction of sp³-hybridized carbons (Fsp3) is 0.444. The molecule has 0 spiro atoms. The van der Waals surface area contributed by atoms with E-state index in [4.69, 9.17) is 23.4 Å². The Morgan fingerprint density at radius 2 is 1.49 bits per heavy atom. The summed E-state index contributed by atoms with van der Waals surface area (Å²) in [6.45, 7) is 0.538. The molecule has 16 heteroatoms. The second-order valence-electron chi connectivity index (χ2n) is 10.2. The number of aliphatic hydroxyl groups is 6. The molecule has 0 bridgehead atoms. The van der Waals surface area contributed by atoms with Gasteiger partial charge in [0.25, 0.3) is 0 Å². The minimum atomic E-state index is -1.90. The average molecular weight is 611 g/mol. The Kier molecular flexibility index (Phi) is 8.41. The summed E-state index contributed by atoms with van der Waals surface area (Å²) < 4.78 is 27.6. The van der Waals surface area contributed by atoms with Crippen molar-refractivity contribution in [3.05, 3.63) is 40.6 Å². The first-order valence-corrected chi connectivity index (χ1v) is 13.0. The molecule has 2 aliphatic heterocycles. The summed E-state index contributed by atoms with van der Waals surface area (Å²) in [5.74, 6) is -4.00. The van der Waals surface area contributed by atoms with Crippen LogP contribution in [0.3, 0.4) is 0 Å². The van der Waals surface area contributed by atoms with Crippen LogP contribution < -0.4 is 10.2 Å². The summed E-state index contributed by atoms with van der Waals surface area (Å²) in [5, 5.41) is 103. The number of phenols is 3. The molecule has 0 amide bonds. The van der Waals surface area contributed by atoms with E-state index < -0.39 is 102 Å². The third-order valence-corrected chi connectivity index (χ3v) is 7.36. The predicted octanol–water partition coefficient (Wildman–Crippen LogP) is -1.69. The van der Waals surface area contributed by atoms with Gasteiger partial charge in [0.05, 0.1) is 12.7 Å². The van der Waals surface area contributed by atoms with Crippen LogP contribution in [0.25, 0.3) is 22.3 Å². The van der Waals surface area contributed by atoms with Crippen LogP contribution in [0.2, 0.25) is 0 Å². The zero-order valence-corrected chi connectivity index (χ0v) is 22.3. The van der Waals surface area contributed by atoms with Crippen molar-refractivity contribution in [2.45, 2.75) is 68.3 Å². The van der Waals surface area contributed by atoms with E-state index in [0.717, 1.165) is 6.07 Å². The van der Waals surface area contributed by atoms with Gasteiger partial charge in [-0.15, -0.1) is 0 Å². The number of hydrogen-bond acceptors (Lipinski definition) is 16. The van der Waals surface area contributed by atoms with E-state index in [0.29, 0.717) is 0 Å². The van der Waals surface area contributed by atoms with E-state index in [1.807, 2.05) is 0 Å². The molecule has 0 unspecified atom stereocenters. The van der Waals surface area contributed by atoms with Gasteiger partial charge < -0.3 is 74.4 Å². The van der Waals surface area contributed by atoms with Crippen molar-refractivity contribution in [3.63, 3.8) is 0 Å². The summed E-state index contributed by atoms with van der Waals surface area (Å²) in [6, 6.07) is 6.14. The summed E-state index contributed by atoms with van der Waals surface area (Å²) in [4.78, 5) is 13.1. The van der Waals surface area contributed by atoms with Gasteiger partial charge in [0, 0.05) is 11.6 Å². The van der Waals surface area contributed by atoms with Crippen LogP contribution in [0.4, 0.5) is 0 Å². The zero-order valence-electron chi connectivity index (χ0n) is 22.3. The van der Waals surface area contributed by atoms with E-state index >= 15 is 0 Å². The molecule has 43 heavy (non-hydrogen) atoms. The van der Waals surface area contributed by atoms with Crippen molar-refractivity contribution in [3.8, 4) is 40.1 Å². The largest absolute Gasteiger partial charge is 0.508 e. The smallest absolute Gasteiger partial charge is 0.238 e. The van der Waals surface area contributed by atoms with E-state index in [1.54, 1.807) is 0 Å². The van der Waals surface area contributed by atoms with E-state index in [1.165, 1.54) is 31.2 Å². The number of aliphatic hydroxyl groups excluding tert-OH is 6. The highest BCUT2D eigenvalue weighted by molar-refractivity contribution is 5.91. The summed E-state index contributed by atoms with van der Waals surface area (Å²) in [7, 11) is 0. The highest BCUT2D eigenvalue weighted by Gasteiger charge is 2.51. The summed E-state index contributed by atoms with van der Waals surface area (Å²) in [5.41, 5.74) is -1.33. The molecular formula is C27H30O16. The Bertz CT molecular complexity index is 1520. The summed E-state index contributed by atoms with van der Waals surface area (Å²) >= 11 is 0. The Hall–Kier alpha value is -3.71. The third kappa shape index (κ3) is 5.44. The lowest BCUT2D eigenvalue weighted by atomic mass is 9.97. The first-order valence-electron chi connectivity index (χ1n) is 13.0. The Morgan fingerprint density at radius 3 is 2.14 bits per heavy atom. The third-order valence-electron chi connectivity index (χ3n) is 7.36. The maximum Gasteiger partial charge on any atom is 0.238 e. The number of ether oxygens (including phenoxy) is 4. The van der Waals surface area contributed by atoms with Crippen molar-refractivity contribution in [1.29, 1.82) is 0 Å².